The van der Waals surface area contributed by atoms with Gasteiger partial charge in [-0.1, -0.05) is 20.3 Å². The van der Waals surface area contributed by atoms with Crippen molar-refractivity contribution in [1.82, 2.24) is 0 Å². The van der Waals surface area contributed by atoms with Crippen LogP contribution in [0.2, 0.25) is 0 Å². The van der Waals surface area contributed by atoms with Gasteiger partial charge in [-0.15, -0.1) is 0 Å². The van der Waals surface area contributed by atoms with Crippen molar-refractivity contribution in [2.75, 3.05) is 13.2 Å². The predicted molar refractivity (Wildman–Crippen MR) is 121 cm³/mol. The van der Waals surface area contributed by atoms with E-state index in [0.29, 0.717) is 56.1 Å². The second kappa shape index (κ2) is 11.1. The van der Waals surface area contributed by atoms with Crippen LogP contribution in [-0.4, -0.2) is 35.8 Å². The molecule has 1 aliphatic rings. The van der Waals surface area contributed by atoms with Crippen LogP contribution in [-0.2, 0) is 17.6 Å². The van der Waals surface area contributed by atoms with Crippen molar-refractivity contribution in [3.63, 3.8) is 0 Å². The van der Waals surface area contributed by atoms with Gasteiger partial charge in [-0.2, -0.15) is 13.2 Å². The van der Waals surface area contributed by atoms with Crippen LogP contribution in [0.4, 0.5) is 18.0 Å². The zero-order valence-corrected chi connectivity index (χ0v) is 19.8. The van der Waals surface area contributed by atoms with E-state index in [1.807, 2.05) is 6.92 Å². The fourth-order valence-corrected chi connectivity index (χ4v) is 4.29. The van der Waals surface area contributed by atoms with E-state index in [2.05, 4.69) is 0 Å². The SMILES string of the molecule is CCCc1cc(SC(F)(F)F)ccc1OCCCOc1ccc2c(c1)CC(CC)(OC(=O)O)O2. The van der Waals surface area contributed by atoms with E-state index in [0.717, 1.165) is 17.5 Å². The van der Waals surface area contributed by atoms with Gasteiger partial charge in [0, 0.05) is 23.3 Å². The Morgan fingerprint density at radius 3 is 2.59 bits per heavy atom. The molecule has 1 unspecified atom stereocenters. The molecule has 186 valence electrons. The molecular weight excluding hydrogens is 473 g/mol. The molecule has 0 aliphatic carbocycles. The number of carbonyl (C=O) groups is 1. The average Bonchev–Trinajstić information content (AvgIpc) is 3.11. The molecule has 1 aliphatic heterocycles. The Morgan fingerprint density at radius 2 is 1.91 bits per heavy atom. The highest BCUT2D eigenvalue weighted by Gasteiger charge is 2.42. The van der Waals surface area contributed by atoms with Crippen molar-refractivity contribution >= 4 is 17.9 Å². The highest BCUT2D eigenvalue weighted by molar-refractivity contribution is 8.00. The number of fused-ring (bicyclic) bond motifs is 1. The quantitative estimate of drug-likeness (QED) is 0.206. The minimum absolute atomic E-state index is 0.130. The van der Waals surface area contributed by atoms with Crippen LogP contribution < -0.4 is 14.2 Å². The number of aryl methyl sites for hydroxylation is 1. The molecule has 3 rings (SSSR count). The second-order valence-electron chi connectivity index (χ2n) is 7.80. The molecule has 0 saturated heterocycles. The lowest BCUT2D eigenvalue weighted by Crippen LogP contribution is -2.38. The van der Waals surface area contributed by atoms with Crippen LogP contribution in [0.5, 0.6) is 17.2 Å². The summed E-state index contributed by atoms with van der Waals surface area (Å²) < 4.78 is 60.2. The van der Waals surface area contributed by atoms with Crippen LogP contribution in [0.15, 0.2) is 41.3 Å². The predicted octanol–water partition coefficient (Wildman–Crippen LogP) is 6.83. The van der Waals surface area contributed by atoms with Crippen molar-refractivity contribution in [3.05, 3.63) is 47.5 Å². The number of ether oxygens (including phenoxy) is 4. The molecule has 0 spiro atoms. The van der Waals surface area contributed by atoms with Gasteiger partial charge in [0.15, 0.2) is 0 Å². The molecule has 34 heavy (non-hydrogen) atoms. The molecule has 6 nitrogen and oxygen atoms in total. The van der Waals surface area contributed by atoms with Crippen LogP contribution in [0.1, 0.15) is 44.2 Å². The second-order valence-corrected chi connectivity index (χ2v) is 8.94. The van der Waals surface area contributed by atoms with Gasteiger partial charge in [0.25, 0.3) is 5.79 Å². The third kappa shape index (κ3) is 7.12. The molecule has 0 saturated carbocycles. The summed E-state index contributed by atoms with van der Waals surface area (Å²) in [5.41, 5.74) is -2.77. The standard InChI is InChI=1S/C24H27F3O6S/c1-3-6-16-14-19(34-24(25,26)27)8-10-20(16)31-12-5-11-30-18-7-9-21-17(13-18)15-23(4-2,32-21)33-22(28)29/h7-10,13-14H,3-6,11-12,15H2,1-2H3,(H,28,29). The van der Waals surface area contributed by atoms with E-state index in [-0.39, 0.29) is 16.7 Å². The summed E-state index contributed by atoms with van der Waals surface area (Å²) in [6.45, 7) is 4.47. The summed E-state index contributed by atoms with van der Waals surface area (Å²) in [5.74, 6) is 0.543. The molecular formula is C24H27F3O6S. The molecule has 10 heteroatoms. The average molecular weight is 501 g/mol. The summed E-state index contributed by atoms with van der Waals surface area (Å²) >= 11 is -0.130. The van der Waals surface area contributed by atoms with Gasteiger partial charge in [0.1, 0.15) is 17.2 Å². The van der Waals surface area contributed by atoms with E-state index in [4.69, 9.17) is 24.1 Å². The van der Waals surface area contributed by atoms with E-state index < -0.39 is 17.5 Å². The lowest BCUT2D eigenvalue weighted by molar-refractivity contribution is -0.140. The first-order valence-corrected chi connectivity index (χ1v) is 11.8. The van der Waals surface area contributed by atoms with Crippen LogP contribution in [0.3, 0.4) is 0 Å². The third-order valence-corrected chi connectivity index (χ3v) is 5.92. The van der Waals surface area contributed by atoms with E-state index >= 15 is 0 Å². The van der Waals surface area contributed by atoms with Crippen molar-refractivity contribution < 1.29 is 42.0 Å². The Balaban J connectivity index is 1.50. The molecule has 0 bridgehead atoms. The maximum atomic E-state index is 12.6. The highest BCUT2D eigenvalue weighted by Crippen LogP contribution is 2.40. The van der Waals surface area contributed by atoms with Gasteiger partial charge in [-0.05, 0) is 60.1 Å². The number of hydrogen-bond acceptors (Lipinski definition) is 6. The minimum atomic E-state index is -4.33. The Bertz CT molecular complexity index is 997. The van der Waals surface area contributed by atoms with Gasteiger partial charge in [0.05, 0.1) is 19.6 Å². The van der Waals surface area contributed by atoms with Crippen LogP contribution >= 0.6 is 11.8 Å². The Labute approximate surface area is 200 Å². The zero-order chi connectivity index (χ0) is 24.8. The third-order valence-electron chi connectivity index (χ3n) is 5.20. The maximum absolute atomic E-state index is 12.6. The van der Waals surface area contributed by atoms with Crippen LogP contribution in [0.25, 0.3) is 0 Å². The zero-order valence-electron chi connectivity index (χ0n) is 18.9. The van der Waals surface area contributed by atoms with Gasteiger partial charge in [-0.3, -0.25) is 0 Å². The minimum Gasteiger partial charge on any atom is -0.493 e. The number of benzene rings is 2. The molecule has 0 amide bonds. The fraction of sp³-hybridized carbons (Fsp3) is 0.458. The summed E-state index contributed by atoms with van der Waals surface area (Å²) in [6.07, 6.45) is 1.27. The first-order chi connectivity index (χ1) is 16.1. The number of hydrogen-bond donors (Lipinski definition) is 1. The van der Waals surface area contributed by atoms with Crippen molar-refractivity contribution in [3.8, 4) is 17.2 Å². The van der Waals surface area contributed by atoms with Crippen molar-refractivity contribution in [1.29, 1.82) is 0 Å². The molecule has 2 aromatic rings. The Kier molecular flexibility index (Phi) is 8.46. The molecule has 0 radical (unpaired) electrons. The monoisotopic (exact) mass is 500 g/mol. The maximum Gasteiger partial charge on any atom is 0.509 e. The van der Waals surface area contributed by atoms with E-state index in [9.17, 15) is 18.0 Å². The first-order valence-electron chi connectivity index (χ1n) is 11.0. The number of alkyl halides is 3. The Morgan fingerprint density at radius 1 is 1.15 bits per heavy atom. The number of halogens is 3. The largest absolute Gasteiger partial charge is 0.509 e. The lowest BCUT2D eigenvalue weighted by Gasteiger charge is -2.25. The summed E-state index contributed by atoms with van der Waals surface area (Å²) in [5, 5.41) is 8.97. The lowest BCUT2D eigenvalue weighted by atomic mass is 10.1. The van der Waals surface area contributed by atoms with E-state index in [1.54, 1.807) is 31.2 Å². The summed E-state index contributed by atoms with van der Waals surface area (Å²) in [4.78, 5) is 11.1. The molecule has 0 fully saturated rings. The number of thioether (sulfide) groups is 1. The molecule has 2 aromatic carbocycles. The van der Waals surface area contributed by atoms with Crippen molar-refractivity contribution in [2.24, 2.45) is 0 Å². The van der Waals surface area contributed by atoms with Gasteiger partial charge >= 0.3 is 11.7 Å². The number of carboxylic acid groups (broad SMARTS) is 1. The van der Waals surface area contributed by atoms with Crippen molar-refractivity contribution in [2.45, 2.75) is 62.1 Å². The normalized spacial score (nSPS) is 17.1. The first kappa shape index (κ1) is 25.9. The molecule has 1 heterocycles. The highest BCUT2D eigenvalue weighted by atomic mass is 32.2. The van der Waals surface area contributed by atoms with E-state index in [1.165, 1.54) is 12.1 Å². The Hall–Kier alpha value is -2.75. The van der Waals surface area contributed by atoms with Gasteiger partial charge < -0.3 is 24.1 Å². The van der Waals surface area contributed by atoms with Gasteiger partial charge in [-0.25, -0.2) is 4.79 Å². The topological polar surface area (TPSA) is 74.2 Å². The summed E-state index contributed by atoms with van der Waals surface area (Å²) in [7, 11) is 0. The van der Waals surface area contributed by atoms with Crippen LogP contribution in [0, 0.1) is 0 Å². The smallest absolute Gasteiger partial charge is 0.493 e. The fourth-order valence-electron chi connectivity index (χ4n) is 3.68. The molecule has 1 N–H and O–H groups in total. The van der Waals surface area contributed by atoms with Gasteiger partial charge in [0.2, 0.25) is 0 Å². The molecule has 0 aromatic heterocycles. The number of rotatable bonds is 11. The molecule has 1 atom stereocenters. The summed E-state index contributed by atoms with van der Waals surface area (Å²) in [6, 6.07) is 9.80.